The van der Waals surface area contributed by atoms with E-state index in [0.717, 1.165) is 48.2 Å². The Balaban J connectivity index is 1.59. The topological polar surface area (TPSA) is 58.6 Å². The van der Waals surface area contributed by atoms with Gasteiger partial charge in [0.1, 0.15) is 0 Å². The number of benzene rings is 2. The fourth-order valence-corrected chi connectivity index (χ4v) is 4.17. The smallest absolute Gasteiger partial charge is 0.256 e. The molecule has 0 aliphatic carbocycles. The van der Waals surface area contributed by atoms with Crippen molar-refractivity contribution in [3.8, 4) is 0 Å². The van der Waals surface area contributed by atoms with E-state index in [1.54, 1.807) is 6.07 Å². The molecule has 2 aromatic rings. The fraction of sp³-hybridized carbons (Fsp3) is 0.391. The Bertz CT molecular complexity index is 916. The molecule has 0 spiro atoms. The van der Waals surface area contributed by atoms with Crippen LogP contribution in [0.5, 0.6) is 0 Å². The number of amides is 2. The molecule has 1 N–H and O–H groups in total. The summed E-state index contributed by atoms with van der Waals surface area (Å²) in [5.74, 6) is -0.301. The van der Waals surface area contributed by atoms with Crippen molar-refractivity contribution < 1.29 is 14.3 Å². The molecule has 0 saturated carbocycles. The normalized spacial score (nSPS) is 18.4. The molecule has 2 amide bonds. The molecule has 2 aromatic carbocycles. The van der Waals surface area contributed by atoms with E-state index in [-0.39, 0.29) is 17.9 Å². The lowest BCUT2D eigenvalue weighted by Gasteiger charge is -2.19. The number of carbonyl (C=O) groups is 2. The van der Waals surface area contributed by atoms with Crippen molar-refractivity contribution in [2.24, 2.45) is 0 Å². The van der Waals surface area contributed by atoms with Gasteiger partial charge in [0.25, 0.3) is 11.8 Å². The third-order valence-electron chi connectivity index (χ3n) is 5.68. The number of fused-ring (bicyclic) bond motifs is 1. The summed E-state index contributed by atoms with van der Waals surface area (Å²) in [6.45, 7) is 5.95. The van der Waals surface area contributed by atoms with E-state index in [9.17, 15) is 9.59 Å². The second kappa shape index (κ2) is 7.76. The zero-order valence-corrected chi connectivity index (χ0v) is 16.5. The molecule has 0 aromatic heterocycles. The number of nitrogens with one attached hydrogen (secondary N) is 1. The Labute approximate surface area is 165 Å². The zero-order valence-electron chi connectivity index (χ0n) is 16.5. The minimum Gasteiger partial charge on any atom is -0.376 e. The number of hydrogen-bond donors (Lipinski definition) is 1. The number of rotatable bonds is 5. The van der Waals surface area contributed by atoms with Crippen molar-refractivity contribution in [3.05, 3.63) is 64.2 Å². The van der Waals surface area contributed by atoms with E-state index in [2.05, 4.69) is 12.2 Å². The lowest BCUT2D eigenvalue weighted by atomic mass is 10.0. The van der Waals surface area contributed by atoms with Crippen LogP contribution in [-0.2, 0) is 17.7 Å². The number of anilines is 1. The second-order valence-corrected chi connectivity index (χ2v) is 7.58. The minimum absolute atomic E-state index is 0.0725. The quantitative estimate of drug-likeness (QED) is 0.857. The van der Waals surface area contributed by atoms with E-state index >= 15 is 0 Å². The fourth-order valence-electron chi connectivity index (χ4n) is 4.17. The molecule has 0 bridgehead atoms. The Morgan fingerprint density at radius 1 is 1.25 bits per heavy atom. The van der Waals surface area contributed by atoms with E-state index in [1.807, 2.05) is 42.2 Å². The summed E-state index contributed by atoms with van der Waals surface area (Å²) >= 11 is 0. The molecule has 5 heteroatoms. The van der Waals surface area contributed by atoms with Crippen molar-refractivity contribution in [2.75, 3.05) is 18.5 Å². The van der Waals surface area contributed by atoms with Crippen molar-refractivity contribution in [2.45, 2.75) is 45.8 Å². The van der Waals surface area contributed by atoms with Gasteiger partial charge >= 0.3 is 0 Å². The van der Waals surface area contributed by atoms with Gasteiger partial charge < -0.3 is 15.0 Å². The SMILES string of the molecule is CCc1cccc(C)c1NC(=O)c1cccc2c1C(=O)N(C[C@H]1CCCO1)C2. The maximum atomic E-state index is 13.1. The first-order valence-corrected chi connectivity index (χ1v) is 10.0. The largest absolute Gasteiger partial charge is 0.376 e. The van der Waals surface area contributed by atoms with Crippen LogP contribution >= 0.6 is 0 Å². The number of nitrogens with zero attached hydrogens (tertiary/aromatic N) is 1. The molecule has 1 fully saturated rings. The van der Waals surface area contributed by atoms with Crippen molar-refractivity contribution in [3.63, 3.8) is 0 Å². The zero-order chi connectivity index (χ0) is 19.7. The van der Waals surface area contributed by atoms with E-state index in [0.29, 0.717) is 24.2 Å². The van der Waals surface area contributed by atoms with Gasteiger partial charge in [-0.25, -0.2) is 0 Å². The molecule has 28 heavy (non-hydrogen) atoms. The summed E-state index contributed by atoms with van der Waals surface area (Å²) in [7, 11) is 0. The highest BCUT2D eigenvalue weighted by atomic mass is 16.5. The highest BCUT2D eigenvalue weighted by molar-refractivity contribution is 6.14. The standard InChI is InChI=1S/C23H26N2O3/c1-3-16-8-4-7-15(2)21(16)24-22(26)19-11-5-9-17-13-25(23(27)20(17)19)14-18-10-6-12-28-18/h4-5,7-9,11,18H,3,6,10,12-14H2,1-2H3,(H,24,26)/t18-/m1/s1. The first-order valence-electron chi connectivity index (χ1n) is 10.0. The molecule has 0 unspecified atom stereocenters. The van der Waals surface area contributed by atoms with Crippen molar-refractivity contribution in [1.29, 1.82) is 0 Å². The lowest BCUT2D eigenvalue weighted by molar-refractivity contribution is 0.0544. The third kappa shape index (κ3) is 3.42. The Morgan fingerprint density at radius 3 is 2.82 bits per heavy atom. The van der Waals surface area contributed by atoms with Gasteiger partial charge in [0.15, 0.2) is 0 Å². The Hall–Kier alpha value is -2.66. The molecular formula is C23H26N2O3. The summed E-state index contributed by atoms with van der Waals surface area (Å²) in [5, 5.41) is 3.05. The molecule has 1 atom stereocenters. The van der Waals surface area contributed by atoms with Crippen LogP contribution in [0.15, 0.2) is 36.4 Å². The predicted molar refractivity (Wildman–Crippen MR) is 109 cm³/mol. The highest BCUT2D eigenvalue weighted by Gasteiger charge is 2.33. The third-order valence-corrected chi connectivity index (χ3v) is 5.68. The van der Waals surface area contributed by atoms with Gasteiger partial charge in [-0.15, -0.1) is 0 Å². The van der Waals surface area contributed by atoms with Gasteiger partial charge in [0, 0.05) is 25.4 Å². The van der Waals surface area contributed by atoms with Crippen LogP contribution < -0.4 is 5.32 Å². The average molecular weight is 378 g/mol. The number of ether oxygens (including phenoxy) is 1. The van der Waals surface area contributed by atoms with Gasteiger partial charge in [-0.2, -0.15) is 0 Å². The summed E-state index contributed by atoms with van der Waals surface area (Å²) < 4.78 is 5.68. The second-order valence-electron chi connectivity index (χ2n) is 7.58. The Kier molecular flexibility index (Phi) is 5.18. The molecular weight excluding hydrogens is 352 g/mol. The van der Waals surface area contributed by atoms with Gasteiger partial charge in [0.05, 0.1) is 17.2 Å². The molecule has 5 nitrogen and oxygen atoms in total. The van der Waals surface area contributed by atoms with Crippen molar-refractivity contribution >= 4 is 17.5 Å². The first kappa shape index (κ1) is 18.7. The van der Waals surface area contributed by atoms with Gasteiger partial charge in [-0.3, -0.25) is 9.59 Å². The predicted octanol–water partition coefficient (Wildman–Crippen LogP) is 3.94. The molecule has 0 radical (unpaired) electrons. The number of aryl methyl sites for hydroxylation is 2. The summed E-state index contributed by atoms with van der Waals surface area (Å²) in [6, 6.07) is 11.5. The minimum atomic E-state index is -0.229. The lowest BCUT2D eigenvalue weighted by Crippen LogP contribution is -2.32. The molecule has 2 aliphatic heterocycles. The first-order chi connectivity index (χ1) is 13.6. The van der Waals surface area contributed by atoms with E-state index < -0.39 is 0 Å². The van der Waals surface area contributed by atoms with E-state index in [4.69, 9.17) is 4.74 Å². The number of para-hydroxylation sites is 1. The summed E-state index contributed by atoms with van der Waals surface area (Å²) in [5.41, 5.74) is 4.84. The van der Waals surface area contributed by atoms with Crippen LogP contribution in [0.1, 0.15) is 57.2 Å². The van der Waals surface area contributed by atoms with Crippen LogP contribution in [0.3, 0.4) is 0 Å². The summed E-state index contributed by atoms with van der Waals surface area (Å²) in [4.78, 5) is 27.9. The summed E-state index contributed by atoms with van der Waals surface area (Å²) in [6.07, 6.45) is 2.97. The maximum absolute atomic E-state index is 13.1. The van der Waals surface area contributed by atoms with Gasteiger partial charge in [0.2, 0.25) is 0 Å². The molecule has 2 aliphatic rings. The average Bonchev–Trinajstić information content (AvgIpc) is 3.32. The highest BCUT2D eigenvalue weighted by Crippen LogP contribution is 2.29. The molecule has 146 valence electrons. The molecule has 4 rings (SSSR count). The van der Waals surface area contributed by atoms with Gasteiger partial charge in [-0.1, -0.05) is 37.3 Å². The molecule has 2 heterocycles. The van der Waals surface area contributed by atoms with Crippen molar-refractivity contribution in [1.82, 2.24) is 4.90 Å². The van der Waals surface area contributed by atoms with Crippen LogP contribution in [-0.4, -0.2) is 36.0 Å². The number of hydrogen-bond acceptors (Lipinski definition) is 3. The Morgan fingerprint density at radius 2 is 2.07 bits per heavy atom. The van der Waals surface area contributed by atoms with E-state index in [1.165, 1.54) is 0 Å². The van der Waals surface area contributed by atoms with Crippen LogP contribution in [0.4, 0.5) is 5.69 Å². The monoisotopic (exact) mass is 378 g/mol. The van der Waals surface area contributed by atoms with Gasteiger partial charge in [-0.05, 0) is 48.9 Å². The van der Waals surface area contributed by atoms with Crippen LogP contribution in [0, 0.1) is 6.92 Å². The molecule has 1 saturated heterocycles. The maximum Gasteiger partial charge on any atom is 0.256 e. The van der Waals surface area contributed by atoms with Crippen LogP contribution in [0.2, 0.25) is 0 Å². The van der Waals surface area contributed by atoms with Crippen LogP contribution in [0.25, 0.3) is 0 Å². The number of carbonyl (C=O) groups excluding carboxylic acids is 2.